The summed E-state index contributed by atoms with van der Waals surface area (Å²) in [6, 6.07) is 2.65. The van der Waals surface area contributed by atoms with E-state index in [0.29, 0.717) is 12.0 Å². The molecule has 1 aliphatic rings. The van der Waals surface area contributed by atoms with Crippen molar-refractivity contribution in [3.8, 4) is 0 Å². The molecular weight excluding hydrogens is 326 g/mol. The number of hydrogen-bond acceptors (Lipinski definition) is 4. The molecule has 0 aromatic heterocycles. The van der Waals surface area contributed by atoms with Gasteiger partial charge < -0.3 is 0 Å². The van der Waals surface area contributed by atoms with Crippen molar-refractivity contribution >= 4 is 15.9 Å². The fourth-order valence-corrected chi connectivity index (χ4v) is 3.64. The minimum absolute atomic E-state index is 0.00213. The number of sulfonamides is 1. The van der Waals surface area contributed by atoms with Gasteiger partial charge in [0.2, 0.25) is 15.9 Å². The van der Waals surface area contributed by atoms with Gasteiger partial charge in [0.1, 0.15) is 11.6 Å². The molecule has 0 aliphatic carbocycles. The molecule has 1 N–H and O–H groups in total. The van der Waals surface area contributed by atoms with Gasteiger partial charge in [-0.1, -0.05) is 13.0 Å². The molecule has 23 heavy (non-hydrogen) atoms. The lowest BCUT2D eigenvalue weighted by Crippen LogP contribution is -2.43. The van der Waals surface area contributed by atoms with Crippen molar-refractivity contribution < 1.29 is 22.0 Å². The first-order valence-corrected chi connectivity index (χ1v) is 9.10. The number of hydrogen-bond donors (Lipinski definition) is 1. The average Bonchev–Trinajstić information content (AvgIpc) is 2.44. The largest absolute Gasteiger partial charge is 0.294 e. The van der Waals surface area contributed by atoms with Gasteiger partial charge in [-0.3, -0.25) is 14.4 Å². The van der Waals surface area contributed by atoms with E-state index in [1.165, 1.54) is 0 Å². The lowest BCUT2D eigenvalue weighted by atomic mass is 9.99. The number of amides is 1. The van der Waals surface area contributed by atoms with E-state index in [0.717, 1.165) is 38.1 Å². The van der Waals surface area contributed by atoms with Crippen LogP contribution < -0.4 is 4.72 Å². The van der Waals surface area contributed by atoms with Crippen LogP contribution in [0.1, 0.15) is 25.3 Å². The highest BCUT2D eigenvalue weighted by Gasteiger charge is 2.22. The molecule has 2 rings (SSSR count). The highest BCUT2D eigenvalue weighted by molar-refractivity contribution is 7.89. The molecule has 0 atom stereocenters. The van der Waals surface area contributed by atoms with Crippen molar-refractivity contribution in [3.63, 3.8) is 0 Å². The van der Waals surface area contributed by atoms with Gasteiger partial charge in [0, 0.05) is 11.6 Å². The number of nitrogens with zero attached hydrogens (tertiary/aromatic N) is 1. The molecule has 1 aromatic carbocycles. The minimum Gasteiger partial charge on any atom is -0.294 e. The quantitative estimate of drug-likeness (QED) is 0.880. The molecule has 0 saturated carbocycles. The van der Waals surface area contributed by atoms with E-state index in [1.54, 1.807) is 0 Å². The zero-order valence-electron chi connectivity index (χ0n) is 12.9. The molecule has 1 heterocycles. The average molecular weight is 346 g/mol. The van der Waals surface area contributed by atoms with Crippen LogP contribution in [-0.2, 0) is 20.6 Å². The number of carbonyl (C=O) groups is 1. The van der Waals surface area contributed by atoms with Crippen LogP contribution in [-0.4, -0.2) is 38.9 Å². The number of nitrogens with one attached hydrogen (secondary N) is 1. The summed E-state index contributed by atoms with van der Waals surface area (Å²) in [5.41, 5.74) is -0.182. The summed E-state index contributed by atoms with van der Waals surface area (Å²) in [5, 5.41) is 0. The summed E-state index contributed by atoms with van der Waals surface area (Å²) in [5.74, 6) is -2.47. The third-order valence-corrected chi connectivity index (χ3v) is 5.10. The van der Waals surface area contributed by atoms with E-state index < -0.39 is 33.3 Å². The highest BCUT2D eigenvalue weighted by atomic mass is 32.2. The van der Waals surface area contributed by atoms with Crippen LogP contribution >= 0.6 is 0 Å². The fraction of sp³-hybridized carbons (Fsp3) is 0.533. The van der Waals surface area contributed by atoms with Crippen molar-refractivity contribution in [2.24, 2.45) is 5.92 Å². The van der Waals surface area contributed by atoms with Crippen molar-refractivity contribution in [2.45, 2.75) is 25.5 Å². The number of halogens is 2. The summed E-state index contributed by atoms with van der Waals surface area (Å²) < 4.78 is 52.1. The molecule has 0 bridgehead atoms. The van der Waals surface area contributed by atoms with E-state index in [-0.39, 0.29) is 12.1 Å². The van der Waals surface area contributed by atoms with Crippen LogP contribution in [0, 0.1) is 17.6 Å². The van der Waals surface area contributed by atoms with Crippen molar-refractivity contribution in [1.29, 1.82) is 0 Å². The van der Waals surface area contributed by atoms with Crippen LogP contribution in [0.4, 0.5) is 8.78 Å². The molecule has 1 aliphatic heterocycles. The first-order valence-electron chi connectivity index (χ1n) is 7.45. The Kier molecular flexibility index (Phi) is 5.69. The normalized spacial score (nSPS) is 17.2. The van der Waals surface area contributed by atoms with Crippen molar-refractivity contribution in [1.82, 2.24) is 9.62 Å². The van der Waals surface area contributed by atoms with E-state index in [9.17, 15) is 22.0 Å². The molecular formula is C15H20F2N2O3S. The number of rotatable bonds is 5. The Hall–Kier alpha value is -1.54. The predicted octanol–water partition coefficient (Wildman–Crippen LogP) is 1.64. The van der Waals surface area contributed by atoms with Gasteiger partial charge in [0.05, 0.1) is 12.3 Å². The van der Waals surface area contributed by atoms with E-state index >= 15 is 0 Å². The monoisotopic (exact) mass is 346 g/mol. The van der Waals surface area contributed by atoms with Gasteiger partial charge in [-0.15, -0.1) is 0 Å². The second-order valence-electron chi connectivity index (χ2n) is 5.98. The van der Waals surface area contributed by atoms with Crippen LogP contribution in [0.2, 0.25) is 0 Å². The van der Waals surface area contributed by atoms with Crippen molar-refractivity contribution in [3.05, 3.63) is 35.4 Å². The molecule has 8 heteroatoms. The maximum absolute atomic E-state index is 13.5. The lowest BCUT2D eigenvalue weighted by molar-refractivity contribution is -0.120. The Labute approximate surface area is 134 Å². The Balaban J connectivity index is 1.91. The zero-order chi connectivity index (χ0) is 17.0. The third-order valence-electron chi connectivity index (χ3n) is 3.87. The molecule has 128 valence electrons. The summed E-state index contributed by atoms with van der Waals surface area (Å²) in [6.07, 6.45) is 1.95. The number of benzene rings is 1. The molecule has 5 nitrogen and oxygen atoms in total. The standard InChI is InChI=1S/C15H20F2N2O3S/c1-11-4-6-19(7-5-11)9-15(20)18-23(21,22)10-12-2-3-13(16)8-14(12)17/h2-3,8,11H,4-7,9-10H2,1H3,(H,18,20). The van der Waals surface area contributed by atoms with E-state index in [4.69, 9.17) is 0 Å². The molecule has 0 unspecified atom stereocenters. The van der Waals surface area contributed by atoms with Gasteiger partial charge in [-0.05, 0) is 37.9 Å². The number of carbonyl (C=O) groups excluding carboxylic acids is 1. The van der Waals surface area contributed by atoms with E-state index in [2.05, 4.69) is 6.92 Å². The Morgan fingerprint density at radius 3 is 2.57 bits per heavy atom. The van der Waals surface area contributed by atoms with Crippen LogP contribution in [0.5, 0.6) is 0 Å². The summed E-state index contributed by atoms with van der Waals surface area (Å²) in [7, 11) is -4.02. The van der Waals surface area contributed by atoms with Gasteiger partial charge in [-0.2, -0.15) is 0 Å². The summed E-state index contributed by atoms with van der Waals surface area (Å²) in [6.45, 7) is 3.64. The molecule has 0 radical (unpaired) electrons. The van der Waals surface area contributed by atoms with Gasteiger partial charge in [-0.25, -0.2) is 17.2 Å². The van der Waals surface area contributed by atoms with Crippen LogP contribution in [0.3, 0.4) is 0 Å². The smallest absolute Gasteiger partial charge is 0.247 e. The second kappa shape index (κ2) is 7.35. The Bertz CT molecular complexity index is 671. The molecule has 1 amide bonds. The molecule has 1 saturated heterocycles. The first-order chi connectivity index (χ1) is 10.7. The SMILES string of the molecule is CC1CCN(CC(=O)NS(=O)(=O)Cc2ccc(F)cc2F)CC1. The lowest BCUT2D eigenvalue weighted by Gasteiger charge is -2.29. The highest BCUT2D eigenvalue weighted by Crippen LogP contribution is 2.16. The topological polar surface area (TPSA) is 66.5 Å². The maximum atomic E-state index is 13.5. The number of likely N-dealkylation sites (tertiary alicyclic amines) is 1. The van der Waals surface area contributed by atoms with Crippen molar-refractivity contribution in [2.75, 3.05) is 19.6 Å². The Morgan fingerprint density at radius 2 is 1.96 bits per heavy atom. The second-order valence-corrected chi connectivity index (χ2v) is 7.70. The van der Waals surface area contributed by atoms with E-state index in [1.807, 2.05) is 9.62 Å². The minimum atomic E-state index is -4.02. The summed E-state index contributed by atoms with van der Waals surface area (Å²) in [4.78, 5) is 13.7. The van der Waals surface area contributed by atoms with Gasteiger partial charge in [0.15, 0.2) is 0 Å². The maximum Gasteiger partial charge on any atom is 0.247 e. The zero-order valence-corrected chi connectivity index (χ0v) is 13.7. The van der Waals surface area contributed by atoms with Gasteiger partial charge >= 0.3 is 0 Å². The first kappa shape index (κ1) is 17.8. The molecule has 1 fully saturated rings. The Morgan fingerprint density at radius 1 is 1.30 bits per heavy atom. The third kappa shape index (κ3) is 5.54. The fourth-order valence-electron chi connectivity index (χ4n) is 2.51. The van der Waals surface area contributed by atoms with Gasteiger partial charge in [0.25, 0.3) is 0 Å². The molecule has 1 aromatic rings. The summed E-state index contributed by atoms with van der Waals surface area (Å²) >= 11 is 0. The molecule has 0 spiro atoms. The van der Waals surface area contributed by atoms with Crippen LogP contribution in [0.25, 0.3) is 0 Å². The number of piperidine rings is 1. The predicted molar refractivity (Wildman–Crippen MR) is 82.0 cm³/mol. The van der Waals surface area contributed by atoms with Crippen LogP contribution in [0.15, 0.2) is 18.2 Å².